The number of aryl methyl sites for hydroxylation is 1. The second kappa shape index (κ2) is 6.63. The Bertz CT molecular complexity index is 468. The Hall–Kier alpha value is -1.32. The average molecular weight is 289 g/mol. The van der Waals surface area contributed by atoms with Crippen LogP contribution in [0.1, 0.15) is 50.8 Å². The van der Waals surface area contributed by atoms with Crippen molar-refractivity contribution in [3.05, 3.63) is 18.2 Å². The summed E-state index contributed by atoms with van der Waals surface area (Å²) in [5, 5.41) is 0. The lowest BCUT2D eigenvalue weighted by Gasteiger charge is -2.35. The molecule has 0 N–H and O–H groups in total. The standard InChI is InChI=1S/C17H27N3O/c1-14-18-9-12-20(14)13-15-7-10-19(11-8-15)17(21)16-5-3-2-4-6-16/h9,12,15-16H,2-8,10-11,13H2,1H3. The number of hydrogen-bond acceptors (Lipinski definition) is 2. The number of nitrogens with zero attached hydrogens (tertiary/aromatic N) is 3. The first-order chi connectivity index (χ1) is 10.2. The van der Waals surface area contributed by atoms with Crippen LogP contribution in [-0.2, 0) is 11.3 Å². The van der Waals surface area contributed by atoms with Crippen molar-refractivity contribution < 1.29 is 4.79 Å². The predicted octanol–water partition coefficient (Wildman–Crippen LogP) is 3.01. The van der Waals surface area contributed by atoms with Gasteiger partial charge in [0.2, 0.25) is 5.91 Å². The highest BCUT2D eigenvalue weighted by Crippen LogP contribution is 2.28. The highest BCUT2D eigenvalue weighted by molar-refractivity contribution is 5.79. The molecule has 3 rings (SSSR count). The second-order valence-electron chi connectivity index (χ2n) is 6.73. The number of carbonyl (C=O) groups excluding carboxylic acids is 1. The van der Waals surface area contributed by atoms with Crippen molar-refractivity contribution >= 4 is 5.91 Å². The SMILES string of the molecule is Cc1nccn1CC1CCN(C(=O)C2CCCCC2)CC1. The van der Waals surface area contributed by atoms with Gasteiger partial charge in [0.25, 0.3) is 0 Å². The fraction of sp³-hybridized carbons (Fsp3) is 0.765. The lowest BCUT2D eigenvalue weighted by Crippen LogP contribution is -2.42. The average Bonchev–Trinajstić information content (AvgIpc) is 2.93. The molecule has 0 radical (unpaired) electrons. The van der Waals surface area contributed by atoms with Crippen molar-refractivity contribution in [2.75, 3.05) is 13.1 Å². The second-order valence-corrected chi connectivity index (χ2v) is 6.73. The summed E-state index contributed by atoms with van der Waals surface area (Å²) in [4.78, 5) is 19.0. The first-order valence-electron chi connectivity index (χ1n) is 8.50. The van der Waals surface area contributed by atoms with Crippen LogP contribution in [0.2, 0.25) is 0 Å². The Morgan fingerprint density at radius 1 is 1.19 bits per heavy atom. The zero-order valence-electron chi connectivity index (χ0n) is 13.1. The van der Waals surface area contributed by atoms with E-state index in [1.807, 2.05) is 6.20 Å². The number of carbonyl (C=O) groups is 1. The number of rotatable bonds is 3. The van der Waals surface area contributed by atoms with Gasteiger partial charge in [0.05, 0.1) is 0 Å². The van der Waals surface area contributed by atoms with Gasteiger partial charge in [-0.05, 0) is 38.5 Å². The number of hydrogen-bond donors (Lipinski definition) is 0. The molecule has 0 spiro atoms. The normalized spacial score (nSPS) is 21.7. The van der Waals surface area contributed by atoms with E-state index in [1.165, 1.54) is 19.3 Å². The van der Waals surface area contributed by atoms with Gasteiger partial charge in [-0.25, -0.2) is 4.98 Å². The van der Waals surface area contributed by atoms with Gasteiger partial charge in [0.15, 0.2) is 0 Å². The van der Waals surface area contributed by atoms with Crippen LogP contribution in [0.3, 0.4) is 0 Å². The zero-order chi connectivity index (χ0) is 14.7. The largest absolute Gasteiger partial charge is 0.342 e. The van der Waals surface area contributed by atoms with Crippen molar-refractivity contribution in [2.45, 2.75) is 58.4 Å². The molecule has 2 aliphatic rings. The molecule has 1 amide bonds. The third kappa shape index (κ3) is 3.47. The van der Waals surface area contributed by atoms with Crippen LogP contribution in [0, 0.1) is 18.8 Å². The molecule has 4 nitrogen and oxygen atoms in total. The summed E-state index contributed by atoms with van der Waals surface area (Å²) in [5.41, 5.74) is 0. The number of imidazole rings is 1. The van der Waals surface area contributed by atoms with Crippen LogP contribution in [0.15, 0.2) is 12.4 Å². The minimum Gasteiger partial charge on any atom is -0.342 e. The Kier molecular flexibility index (Phi) is 4.61. The number of piperidine rings is 1. The molecule has 1 saturated carbocycles. The molecule has 0 atom stereocenters. The summed E-state index contributed by atoms with van der Waals surface area (Å²) in [5.74, 6) is 2.54. The summed E-state index contributed by atoms with van der Waals surface area (Å²) in [6.45, 7) is 5.01. The third-order valence-electron chi connectivity index (χ3n) is 5.26. The molecule has 1 aliphatic heterocycles. The number of likely N-dealkylation sites (tertiary alicyclic amines) is 1. The van der Waals surface area contributed by atoms with Crippen LogP contribution in [0.25, 0.3) is 0 Å². The molecule has 2 fully saturated rings. The highest BCUT2D eigenvalue weighted by atomic mass is 16.2. The molecule has 0 unspecified atom stereocenters. The Morgan fingerprint density at radius 3 is 2.52 bits per heavy atom. The maximum absolute atomic E-state index is 12.5. The van der Waals surface area contributed by atoms with Crippen molar-refractivity contribution in [1.29, 1.82) is 0 Å². The predicted molar refractivity (Wildman–Crippen MR) is 82.8 cm³/mol. The van der Waals surface area contributed by atoms with E-state index in [-0.39, 0.29) is 0 Å². The van der Waals surface area contributed by atoms with Crippen LogP contribution in [0.4, 0.5) is 0 Å². The Balaban J connectivity index is 1.48. The molecule has 21 heavy (non-hydrogen) atoms. The summed E-state index contributed by atoms with van der Waals surface area (Å²) >= 11 is 0. The monoisotopic (exact) mass is 289 g/mol. The van der Waals surface area contributed by atoms with E-state index in [0.717, 1.165) is 51.1 Å². The number of aromatic nitrogens is 2. The van der Waals surface area contributed by atoms with E-state index in [2.05, 4.69) is 27.6 Å². The fourth-order valence-electron chi connectivity index (χ4n) is 3.82. The maximum Gasteiger partial charge on any atom is 0.225 e. The smallest absolute Gasteiger partial charge is 0.225 e. The highest BCUT2D eigenvalue weighted by Gasteiger charge is 2.29. The lowest BCUT2D eigenvalue weighted by atomic mass is 9.87. The van der Waals surface area contributed by atoms with E-state index in [9.17, 15) is 4.79 Å². The quantitative estimate of drug-likeness (QED) is 0.858. The van der Waals surface area contributed by atoms with E-state index < -0.39 is 0 Å². The molecule has 0 aromatic carbocycles. The van der Waals surface area contributed by atoms with E-state index in [1.54, 1.807) is 0 Å². The van der Waals surface area contributed by atoms with E-state index in [0.29, 0.717) is 17.7 Å². The van der Waals surface area contributed by atoms with Crippen LogP contribution < -0.4 is 0 Å². The molecule has 1 aromatic rings. The van der Waals surface area contributed by atoms with Gasteiger partial charge in [0, 0.05) is 37.9 Å². The van der Waals surface area contributed by atoms with E-state index >= 15 is 0 Å². The van der Waals surface area contributed by atoms with Gasteiger partial charge >= 0.3 is 0 Å². The molecule has 0 bridgehead atoms. The summed E-state index contributed by atoms with van der Waals surface area (Å²) in [6, 6.07) is 0. The molecular weight excluding hydrogens is 262 g/mol. The molecule has 116 valence electrons. The van der Waals surface area contributed by atoms with Gasteiger partial charge in [0.1, 0.15) is 5.82 Å². The van der Waals surface area contributed by atoms with Gasteiger partial charge < -0.3 is 9.47 Å². The minimum absolute atomic E-state index is 0.325. The van der Waals surface area contributed by atoms with Gasteiger partial charge in [-0.2, -0.15) is 0 Å². The summed E-state index contributed by atoms with van der Waals surface area (Å²) in [7, 11) is 0. The van der Waals surface area contributed by atoms with Crippen LogP contribution in [-0.4, -0.2) is 33.4 Å². The first kappa shape index (κ1) is 14.6. The Morgan fingerprint density at radius 2 is 1.90 bits per heavy atom. The van der Waals surface area contributed by atoms with Crippen molar-refractivity contribution in [3.8, 4) is 0 Å². The third-order valence-corrected chi connectivity index (χ3v) is 5.26. The van der Waals surface area contributed by atoms with Gasteiger partial charge in [-0.3, -0.25) is 4.79 Å². The van der Waals surface area contributed by atoms with E-state index in [4.69, 9.17) is 0 Å². The molecule has 1 saturated heterocycles. The molecule has 2 heterocycles. The molecule has 4 heteroatoms. The Labute approximate surface area is 127 Å². The lowest BCUT2D eigenvalue weighted by molar-refractivity contribution is -0.138. The van der Waals surface area contributed by atoms with Gasteiger partial charge in [-0.1, -0.05) is 19.3 Å². The fourth-order valence-corrected chi connectivity index (χ4v) is 3.82. The molecule has 1 aliphatic carbocycles. The maximum atomic E-state index is 12.5. The molecular formula is C17H27N3O. The van der Waals surface area contributed by atoms with Crippen LogP contribution >= 0.6 is 0 Å². The van der Waals surface area contributed by atoms with Crippen molar-refractivity contribution in [2.24, 2.45) is 11.8 Å². The zero-order valence-corrected chi connectivity index (χ0v) is 13.1. The van der Waals surface area contributed by atoms with Gasteiger partial charge in [-0.15, -0.1) is 0 Å². The summed E-state index contributed by atoms with van der Waals surface area (Å²) < 4.78 is 2.24. The van der Waals surface area contributed by atoms with Crippen LogP contribution in [0.5, 0.6) is 0 Å². The summed E-state index contributed by atoms with van der Waals surface area (Å²) in [6.07, 6.45) is 12.2. The molecule has 1 aromatic heterocycles. The minimum atomic E-state index is 0.325. The first-order valence-corrected chi connectivity index (χ1v) is 8.50. The topological polar surface area (TPSA) is 38.1 Å². The van der Waals surface area contributed by atoms with Crippen molar-refractivity contribution in [1.82, 2.24) is 14.5 Å². The van der Waals surface area contributed by atoms with Crippen molar-refractivity contribution in [3.63, 3.8) is 0 Å². The number of amides is 1.